The monoisotopic (exact) mass is 265 g/mol. The molecule has 1 aliphatic carbocycles. The van der Waals surface area contributed by atoms with Crippen molar-refractivity contribution in [1.29, 1.82) is 0 Å². The topological polar surface area (TPSA) is 64.1 Å². The molecule has 3 heterocycles. The van der Waals surface area contributed by atoms with E-state index < -0.39 is 0 Å². The zero-order valence-corrected chi connectivity index (χ0v) is 10.9. The third-order valence-corrected chi connectivity index (χ3v) is 4.60. The minimum atomic E-state index is -0.362. The maximum Gasteiger partial charge on any atom is 0.341 e. The molecule has 1 aromatic heterocycles. The Morgan fingerprint density at radius 3 is 2.78 bits per heavy atom. The molecule has 3 fully saturated rings. The molecule has 2 aliphatic heterocycles. The third-order valence-electron chi connectivity index (χ3n) is 3.35. The van der Waals surface area contributed by atoms with Crippen LogP contribution in [0.4, 0.5) is 0 Å². The summed E-state index contributed by atoms with van der Waals surface area (Å²) in [5.41, 5.74) is 0.412. The zero-order valence-electron chi connectivity index (χ0n) is 10.1. The van der Waals surface area contributed by atoms with E-state index in [2.05, 4.69) is 15.3 Å². The molecule has 0 amide bonds. The number of nitrogens with one attached hydrogen (secondary N) is 1. The minimum absolute atomic E-state index is 0.362. The molecule has 96 valence electrons. The van der Waals surface area contributed by atoms with E-state index in [1.165, 1.54) is 12.8 Å². The highest BCUT2D eigenvalue weighted by molar-refractivity contribution is 7.99. The smallest absolute Gasteiger partial charge is 0.341 e. The minimum Gasteiger partial charge on any atom is -0.462 e. The predicted molar refractivity (Wildman–Crippen MR) is 67.6 cm³/mol. The van der Waals surface area contributed by atoms with Crippen molar-refractivity contribution in [3.8, 4) is 0 Å². The Labute approximate surface area is 110 Å². The van der Waals surface area contributed by atoms with Crippen LogP contribution in [0.1, 0.15) is 30.1 Å². The van der Waals surface area contributed by atoms with Gasteiger partial charge in [-0.05, 0) is 19.8 Å². The van der Waals surface area contributed by atoms with Gasteiger partial charge < -0.3 is 10.1 Å². The third kappa shape index (κ3) is 2.22. The van der Waals surface area contributed by atoms with Gasteiger partial charge >= 0.3 is 5.97 Å². The molecule has 3 unspecified atom stereocenters. The number of fused-ring (bicyclic) bond motifs is 1. The SMILES string of the molecule is CCOC(=O)c1cnc(SC2CC3CC2N3)nc1. The average molecular weight is 265 g/mol. The molecule has 1 aromatic rings. The van der Waals surface area contributed by atoms with Crippen molar-refractivity contribution in [2.24, 2.45) is 0 Å². The van der Waals surface area contributed by atoms with Gasteiger partial charge in [-0.2, -0.15) is 0 Å². The Morgan fingerprint density at radius 1 is 1.50 bits per heavy atom. The highest BCUT2D eigenvalue weighted by atomic mass is 32.2. The van der Waals surface area contributed by atoms with Gasteiger partial charge in [0.2, 0.25) is 0 Å². The second-order valence-corrected chi connectivity index (χ2v) is 5.78. The van der Waals surface area contributed by atoms with Gasteiger partial charge in [0.05, 0.1) is 12.2 Å². The zero-order chi connectivity index (χ0) is 12.5. The summed E-state index contributed by atoms with van der Waals surface area (Å²) in [5, 5.41) is 4.79. The van der Waals surface area contributed by atoms with Crippen LogP contribution >= 0.6 is 11.8 Å². The van der Waals surface area contributed by atoms with Crippen LogP contribution in [0.5, 0.6) is 0 Å². The van der Waals surface area contributed by atoms with E-state index in [-0.39, 0.29) is 5.97 Å². The highest BCUT2D eigenvalue weighted by Crippen LogP contribution is 2.40. The Balaban J connectivity index is 1.62. The summed E-state index contributed by atoms with van der Waals surface area (Å²) >= 11 is 1.70. The molecular formula is C12H15N3O2S. The molecule has 5 nitrogen and oxygen atoms in total. The predicted octanol–water partition coefficient (Wildman–Crippen LogP) is 1.25. The first-order valence-corrected chi connectivity index (χ1v) is 7.06. The summed E-state index contributed by atoms with van der Waals surface area (Å²) in [4.78, 5) is 19.9. The van der Waals surface area contributed by atoms with Crippen molar-refractivity contribution in [3.63, 3.8) is 0 Å². The summed E-state index contributed by atoms with van der Waals surface area (Å²) in [6.07, 6.45) is 5.55. The quantitative estimate of drug-likeness (QED) is 0.653. The number of hydrogen-bond acceptors (Lipinski definition) is 6. The number of nitrogens with zero attached hydrogens (tertiary/aromatic N) is 2. The molecule has 2 saturated heterocycles. The lowest BCUT2D eigenvalue weighted by Crippen LogP contribution is -2.45. The average Bonchev–Trinajstić information content (AvgIpc) is 2.88. The molecule has 2 bridgehead atoms. The Morgan fingerprint density at radius 2 is 2.22 bits per heavy atom. The van der Waals surface area contributed by atoms with Gasteiger partial charge in [-0.3, -0.25) is 0 Å². The lowest BCUT2D eigenvalue weighted by atomic mass is 10.1. The summed E-state index contributed by atoms with van der Waals surface area (Å²) < 4.78 is 4.89. The maximum absolute atomic E-state index is 11.4. The van der Waals surface area contributed by atoms with E-state index in [0.717, 1.165) is 5.16 Å². The number of carbonyl (C=O) groups excluding carboxylic acids is 1. The first kappa shape index (κ1) is 11.9. The van der Waals surface area contributed by atoms with Crippen molar-refractivity contribution in [2.45, 2.75) is 42.3 Å². The van der Waals surface area contributed by atoms with Crippen molar-refractivity contribution in [3.05, 3.63) is 18.0 Å². The summed E-state index contributed by atoms with van der Waals surface area (Å²) in [7, 11) is 0. The molecule has 3 atom stereocenters. The van der Waals surface area contributed by atoms with Crippen molar-refractivity contribution in [1.82, 2.24) is 15.3 Å². The first-order chi connectivity index (χ1) is 8.76. The molecule has 4 rings (SSSR count). The van der Waals surface area contributed by atoms with Crippen LogP contribution in [0.15, 0.2) is 17.6 Å². The number of carbonyl (C=O) groups is 1. The molecule has 0 radical (unpaired) electrons. The van der Waals surface area contributed by atoms with Crippen molar-refractivity contribution < 1.29 is 9.53 Å². The number of rotatable bonds is 4. The number of thioether (sulfide) groups is 1. The maximum atomic E-state index is 11.4. The van der Waals surface area contributed by atoms with Gasteiger partial charge in [-0.25, -0.2) is 14.8 Å². The van der Waals surface area contributed by atoms with E-state index in [4.69, 9.17) is 4.74 Å². The van der Waals surface area contributed by atoms with Crippen molar-refractivity contribution in [2.75, 3.05) is 6.61 Å². The number of ether oxygens (including phenoxy) is 1. The fourth-order valence-corrected chi connectivity index (χ4v) is 3.60. The van der Waals surface area contributed by atoms with Crippen molar-refractivity contribution >= 4 is 17.7 Å². The summed E-state index contributed by atoms with van der Waals surface area (Å²) in [6.45, 7) is 2.15. The van der Waals surface area contributed by atoms with Crippen LogP contribution in [0.2, 0.25) is 0 Å². The Kier molecular flexibility index (Phi) is 3.22. The van der Waals surface area contributed by atoms with Gasteiger partial charge in [-0.1, -0.05) is 11.8 Å². The molecule has 1 N–H and O–H groups in total. The van der Waals surface area contributed by atoms with Crippen LogP contribution in [-0.2, 0) is 4.74 Å². The fourth-order valence-electron chi connectivity index (χ4n) is 2.42. The standard InChI is InChI=1S/C12H15N3O2S/c1-2-17-11(16)7-5-13-12(14-6-7)18-10-4-8-3-9(10)15-8/h5-6,8-10,15H,2-4H2,1H3. The second kappa shape index (κ2) is 4.85. The van der Waals surface area contributed by atoms with Gasteiger partial charge in [0.25, 0.3) is 0 Å². The fraction of sp³-hybridized carbons (Fsp3) is 0.583. The number of esters is 1. The van der Waals surface area contributed by atoms with Gasteiger partial charge in [0.15, 0.2) is 5.16 Å². The molecule has 0 aromatic carbocycles. The van der Waals surface area contributed by atoms with Crippen LogP contribution in [0, 0.1) is 0 Å². The molecule has 1 saturated carbocycles. The van der Waals surface area contributed by atoms with Gasteiger partial charge in [0.1, 0.15) is 0 Å². The molecule has 6 heteroatoms. The Hall–Kier alpha value is -1.14. The lowest BCUT2D eigenvalue weighted by Gasteiger charge is -2.26. The van der Waals surface area contributed by atoms with Crippen LogP contribution < -0.4 is 5.32 Å². The van der Waals surface area contributed by atoms with Gasteiger partial charge in [-0.15, -0.1) is 0 Å². The summed E-state index contributed by atoms with van der Waals surface area (Å²) in [5.74, 6) is -0.362. The van der Waals surface area contributed by atoms with E-state index in [1.54, 1.807) is 31.1 Å². The molecule has 3 aliphatic rings. The van der Waals surface area contributed by atoms with Crippen LogP contribution in [0.3, 0.4) is 0 Å². The highest BCUT2D eigenvalue weighted by Gasteiger charge is 2.44. The van der Waals surface area contributed by atoms with Gasteiger partial charge in [0, 0.05) is 29.7 Å². The number of hydrogen-bond donors (Lipinski definition) is 1. The molecule has 0 spiro atoms. The van der Waals surface area contributed by atoms with E-state index in [9.17, 15) is 4.79 Å². The lowest BCUT2D eigenvalue weighted by molar-refractivity contribution is 0.0525. The van der Waals surface area contributed by atoms with Crippen LogP contribution in [-0.4, -0.2) is 39.9 Å². The number of aromatic nitrogens is 2. The van der Waals surface area contributed by atoms with E-state index in [0.29, 0.717) is 29.5 Å². The Bertz CT molecular complexity index is 445. The summed E-state index contributed by atoms with van der Waals surface area (Å²) in [6, 6.07) is 1.32. The largest absolute Gasteiger partial charge is 0.462 e. The molecular weight excluding hydrogens is 250 g/mol. The second-order valence-electron chi connectivity index (χ2n) is 4.57. The normalized spacial score (nSPS) is 28.8. The van der Waals surface area contributed by atoms with Crippen LogP contribution in [0.25, 0.3) is 0 Å². The van der Waals surface area contributed by atoms with E-state index >= 15 is 0 Å². The first-order valence-electron chi connectivity index (χ1n) is 6.18. The molecule has 18 heavy (non-hydrogen) atoms. The van der Waals surface area contributed by atoms with E-state index in [1.807, 2.05) is 0 Å².